The van der Waals surface area contributed by atoms with E-state index >= 15 is 0 Å². The van der Waals surface area contributed by atoms with E-state index in [0.717, 1.165) is 23.3 Å². The Morgan fingerprint density at radius 1 is 1.35 bits per heavy atom. The summed E-state index contributed by atoms with van der Waals surface area (Å²) in [5.41, 5.74) is 2.71. The first-order valence-electron chi connectivity index (χ1n) is 5.77. The Morgan fingerprint density at radius 2 is 2.29 bits per heavy atom. The lowest BCUT2D eigenvalue weighted by Gasteiger charge is -2.06. The molecule has 3 rings (SSSR count). The van der Waals surface area contributed by atoms with Crippen LogP contribution in [-0.2, 0) is 19.4 Å². The number of rotatable bonds is 3. The van der Waals surface area contributed by atoms with Crippen LogP contribution in [0.3, 0.4) is 0 Å². The quantitative estimate of drug-likeness (QED) is 0.927. The second-order valence-corrected chi connectivity index (χ2v) is 6.15. The molecule has 1 aliphatic rings. The minimum absolute atomic E-state index is 0.849. The molecule has 17 heavy (non-hydrogen) atoms. The summed E-state index contributed by atoms with van der Waals surface area (Å²) in [4.78, 5) is 5.98. The molecular weight excluding hydrogens is 296 g/mol. The minimum atomic E-state index is 0.849. The molecule has 1 aliphatic carbocycles. The molecule has 0 amide bonds. The number of nitrogens with zero attached hydrogens (tertiary/aromatic N) is 1. The zero-order valence-corrected chi connectivity index (χ0v) is 11.8. The van der Waals surface area contributed by atoms with E-state index in [-0.39, 0.29) is 0 Å². The van der Waals surface area contributed by atoms with Crippen LogP contribution >= 0.6 is 27.3 Å². The second-order valence-electron chi connectivity index (χ2n) is 4.24. The molecule has 0 spiro atoms. The lowest BCUT2D eigenvalue weighted by Crippen LogP contribution is -2.01. The van der Waals surface area contributed by atoms with E-state index < -0.39 is 0 Å². The summed E-state index contributed by atoms with van der Waals surface area (Å²) in [5, 5.41) is 5.49. The third-order valence-electron chi connectivity index (χ3n) is 2.99. The molecule has 4 heteroatoms. The summed E-state index contributed by atoms with van der Waals surface area (Å²) in [6.07, 6.45) is 3.58. The molecule has 1 N–H and O–H groups in total. The molecule has 2 aromatic rings. The van der Waals surface area contributed by atoms with Crippen LogP contribution in [0.1, 0.15) is 22.6 Å². The van der Waals surface area contributed by atoms with Gasteiger partial charge in [-0.3, -0.25) is 0 Å². The van der Waals surface area contributed by atoms with Gasteiger partial charge in [-0.05, 0) is 52.9 Å². The predicted octanol–water partition coefficient (Wildman–Crippen LogP) is 4.01. The lowest BCUT2D eigenvalue weighted by molar-refractivity contribution is 0.899. The van der Waals surface area contributed by atoms with Gasteiger partial charge in [-0.15, -0.1) is 11.3 Å². The average Bonchev–Trinajstić information content (AvgIpc) is 2.94. The van der Waals surface area contributed by atoms with Gasteiger partial charge in [-0.2, -0.15) is 0 Å². The Balaban J connectivity index is 1.69. The highest BCUT2D eigenvalue weighted by Crippen LogP contribution is 2.23. The first-order chi connectivity index (χ1) is 8.31. The maximum atomic E-state index is 4.66. The van der Waals surface area contributed by atoms with Gasteiger partial charge in [0.05, 0.1) is 6.54 Å². The van der Waals surface area contributed by atoms with Crippen LogP contribution in [0.5, 0.6) is 0 Å². The zero-order valence-electron chi connectivity index (χ0n) is 9.37. The third kappa shape index (κ3) is 2.53. The van der Waals surface area contributed by atoms with Gasteiger partial charge in [0, 0.05) is 20.4 Å². The van der Waals surface area contributed by atoms with Gasteiger partial charge >= 0.3 is 0 Å². The minimum Gasteiger partial charge on any atom is -0.365 e. The molecule has 0 saturated heterocycles. The van der Waals surface area contributed by atoms with E-state index in [1.54, 1.807) is 11.3 Å². The molecule has 2 heterocycles. The van der Waals surface area contributed by atoms with Crippen molar-refractivity contribution in [2.45, 2.75) is 25.8 Å². The highest BCUT2D eigenvalue weighted by atomic mass is 79.9. The molecule has 2 nitrogen and oxygen atoms in total. The van der Waals surface area contributed by atoms with Gasteiger partial charge in [-0.25, -0.2) is 4.98 Å². The van der Waals surface area contributed by atoms with E-state index in [2.05, 4.69) is 49.8 Å². The maximum Gasteiger partial charge on any atom is 0.126 e. The highest BCUT2D eigenvalue weighted by molar-refractivity contribution is 9.10. The molecule has 0 bridgehead atoms. The van der Waals surface area contributed by atoms with Crippen LogP contribution in [0, 0.1) is 0 Å². The molecule has 0 fully saturated rings. The Hall–Kier alpha value is -0.870. The summed E-state index contributed by atoms with van der Waals surface area (Å²) >= 11 is 5.22. The third-order valence-corrected chi connectivity index (χ3v) is 4.69. The summed E-state index contributed by atoms with van der Waals surface area (Å²) in [6, 6.07) is 6.44. The smallest absolute Gasteiger partial charge is 0.126 e. The largest absolute Gasteiger partial charge is 0.365 e. The number of anilines is 1. The predicted molar refractivity (Wildman–Crippen MR) is 75.6 cm³/mol. The Labute approximate surface area is 113 Å². The van der Waals surface area contributed by atoms with Crippen molar-refractivity contribution >= 4 is 33.1 Å². The van der Waals surface area contributed by atoms with Crippen molar-refractivity contribution in [3.8, 4) is 0 Å². The molecular formula is C13H13BrN2S. The van der Waals surface area contributed by atoms with Crippen LogP contribution in [-0.4, -0.2) is 4.98 Å². The molecule has 0 unspecified atom stereocenters. The first kappa shape index (κ1) is 11.2. The van der Waals surface area contributed by atoms with Crippen molar-refractivity contribution in [3.63, 3.8) is 0 Å². The van der Waals surface area contributed by atoms with Gasteiger partial charge in [0.2, 0.25) is 0 Å². The zero-order chi connectivity index (χ0) is 11.7. The summed E-state index contributed by atoms with van der Waals surface area (Å²) in [6.45, 7) is 0.849. The van der Waals surface area contributed by atoms with Crippen LogP contribution in [0.2, 0.25) is 0 Å². The monoisotopic (exact) mass is 308 g/mol. The van der Waals surface area contributed by atoms with E-state index in [9.17, 15) is 0 Å². The molecule has 0 atom stereocenters. The van der Waals surface area contributed by atoms with Gasteiger partial charge in [-0.1, -0.05) is 6.07 Å². The number of fused-ring (bicyclic) bond motifs is 1. The molecule has 0 aromatic carbocycles. The maximum absolute atomic E-state index is 4.66. The van der Waals surface area contributed by atoms with Crippen molar-refractivity contribution < 1.29 is 0 Å². The highest BCUT2D eigenvalue weighted by Gasteiger charge is 2.12. The van der Waals surface area contributed by atoms with Crippen LogP contribution in [0.15, 0.2) is 28.1 Å². The lowest BCUT2D eigenvalue weighted by atomic mass is 10.2. The summed E-state index contributed by atoms with van der Waals surface area (Å²) in [5.74, 6) is 0.996. The van der Waals surface area contributed by atoms with E-state index in [4.69, 9.17) is 0 Å². The molecule has 2 aromatic heterocycles. The molecule has 0 radical (unpaired) electrons. The number of aromatic nitrogens is 1. The Kier molecular flexibility index (Phi) is 3.16. The van der Waals surface area contributed by atoms with E-state index in [0.29, 0.717) is 0 Å². The number of thiophene rings is 1. The Bertz CT molecular complexity index is 536. The molecule has 0 saturated carbocycles. The number of nitrogens with one attached hydrogen (secondary N) is 1. The van der Waals surface area contributed by atoms with Gasteiger partial charge in [0.15, 0.2) is 0 Å². The van der Waals surface area contributed by atoms with Gasteiger partial charge < -0.3 is 5.32 Å². The summed E-state index contributed by atoms with van der Waals surface area (Å²) in [7, 11) is 0. The number of pyridine rings is 1. The van der Waals surface area contributed by atoms with Crippen molar-refractivity contribution in [1.82, 2.24) is 4.98 Å². The fourth-order valence-electron chi connectivity index (χ4n) is 2.14. The number of halogens is 1. The van der Waals surface area contributed by atoms with Crippen molar-refractivity contribution in [3.05, 3.63) is 44.2 Å². The van der Waals surface area contributed by atoms with Gasteiger partial charge in [0.25, 0.3) is 0 Å². The SMILES string of the molecule is Brc1csc(CNc2ccc3c(n2)CCC3)c1. The second kappa shape index (κ2) is 4.78. The number of aryl methyl sites for hydroxylation is 2. The standard InChI is InChI=1S/C13H13BrN2S/c14-10-6-11(17-8-10)7-15-13-5-4-9-2-1-3-12(9)16-13/h4-6,8H,1-3,7H2,(H,15,16). The topological polar surface area (TPSA) is 24.9 Å². The van der Waals surface area contributed by atoms with Crippen LogP contribution < -0.4 is 5.32 Å². The normalized spacial score (nSPS) is 13.7. The van der Waals surface area contributed by atoms with Crippen LogP contribution in [0.4, 0.5) is 5.82 Å². The van der Waals surface area contributed by atoms with Crippen molar-refractivity contribution in [2.24, 2.45) is 0 Å². The molecule has 88 valence electrons. The fourth-order valence-corrected chi connectivity index (χ4v) is 3.53. The van der Waals surface area contributed by atoms with Crippen molar-refractivity contribution in [2.75, 3.05) is 5.32 Å². The van der Waals surface area contributed by atoms with E-state index in [1.807, 2.05) is 0 Å². The first-order valence-corrected chi connectivity index (χ1v) is 7.44. The fraction of sp³-hybridized carbons (Fsp3) is 0.308. The summed E-state index contributed by atoms with van der Waals surface area (Å²) < 4.78 is 1.15. The van der Waals surface area contributed by atoms with E-state index in [1.165, 1.54) is 29.0 Å². The number of hydrogen-bond donors (Lipinski definition) is 1. The number of hydrogen-bond acceptors (Lipinski definition) is 3. The average molecular weight is 309 g/mol. The van der Waals surface area contributed by atoms with Crippen molar-refractivity contribution in [1.29, 1.82) is 0 Å². The van der Waals surface area contributed by atoms with Crippen LogP contribution in [0.25, 0.3) is 0 Å². The Morgan fingerprint density at radius 3 is 3.12 bits per heavy atom. The van der Waals surface area contributed by atoms with Gasteiger partial charge in [0.1, 0.15) is 5.82 Å². The molecule has 0 aliphatic heterocycles.